The number of hydrogen-bond donors (Lipinski definition) is 1. The summed E-state index contributed by atoms with van der Waals surface area (Å²) in [4.78, 5) is 40.2. The molecule has 1 N–H and O–H groups in total. The second kappa shape index (κ2) is 63.7. The van der Waals surface area contributed by atoms with Crippen LogP contribution in [0.4, 0.5) is 0 Å². The number of allylic oxidation sites excluding steroid dienone is 17. The molecule has 0 radical (unpaired) electrons. The lowest BCUT2D eigenvalue weighted by molar-refractivity contribution is -0.870. The predicted molar refractivity (Wildman–Crippen MR) is 367 cm³/mol. The number of esters is 1. The van der Waals surface area contributed by atoms with Crippen molar-refractivity contribution in [3.63, 3.8) is 0 Å². The van der Waals surface area contributed by atoms with E-state index in [1.165, 1.54) is 141 Å². The maximum absolute atomic E-state index is 13.6. The van der Waals surface area contributed by atoms with Gasteiger partial charge in [-0.3, -0.25) is 14.2 Å². The SMILES string of the molecule is CC/C=C\C/C=C\C/C=C\C/C=C\C/C=C\CCCCCCCCCCCCCC(=O)NC(COP(=O)([O-])OCC[N+](C)(C)C)C(/C=C\CCCCCCCCCCC)OC(=O)CCCCCCCCCC/C=C\C/C=C\C/C=C\CCCCC. The van der Waals surface area contributed by atoms with Crippen molar-refractivity contribution in [3.8, 4) is 0 Å². The highest BCUT2D eigenvalue weighted by atomic mass is 31.2. The van der Waals surface area contributed by atoms with Gasteiger partial charge in [0.1, 0.15) is 19.3 Å². The van der Waals surface area contributed by atoms with Gasteiger partial charge >= 0.3 is 5.97 Å². The van der Waals surface area contributed by atoms with Crippen LogP contribution in [0.5, 0.6) is 0 Å². The van der Waals surface area contributed by atoms with Gasteiger partial charge in [0.05, 0.1) is 33.8 Å². The number of quaternary nitrogens is 1. The number of phosphoric acid groups is 1. The van der Waals surface area contributed by atoms with E-state index >= 15 is 0 Å². The lowest BCUT2D eigenvalue weighted by Gasteiger charge is -2.30. The lowest BCUT2D eigenvalue weighted by Crippen LogP contribution is -2.47. The Morgan fingerprint density at radius 2 is 0.753 bits per heavy atom. The van der Waals surface area contributed by atoms with E-state index in [0.29, 0.717) is 17.4 Å². The second-order valence-corrected chi connectivity index (χ2v) is 26.1. The molecule has 490 valence electrons. The molecule has 0 heterocycles. The van der Waals surface area contributed by atoms with Gasteiger partial charge in [0.25, 0.3) is 7.82 Å². The topological polar surface area (TPSA) is 114 Å². The number of amides is 1. The Morgan fingerprint density at radius 3 is 1.15 bits per heavy atom. The molecule has 0 aliphatic carbocycles. The molecule has 3 atom stereocenters. The zero-order chi connectivity index (χ0) is 62.1. The summed E-state index contributed by atoms with van der Waals surface area (Å²) < 4.78 is 30.4. The van der Waals surface area contributed by atoms with E-state index in [2.05, 4.69) is 123 Å². The van der Waals surface area contributed by atoms with Gasteiger partial charge in [-0.05, 0) is 115 Å². The number of unbranched alkanes of at least 4 members (excludes halogenated alkanes) is 31. The molecule has 10 heteroatoms. The van der Waals surface area contributed by atoms with Crippen molar-refractivity contribution in [2.75, 3.05) is 40.9 Å². The van der Waals surface area contributed by atoms with Crippen molar-refractivity contribution in [1.29, 1.82) is 0 Å². The van der Waals surface area contributed by atoms with E-state index in [0.717, 1.165) is 128 Å². The first-order chi connectivity index (χ1) is 41.4. The van der Waals surface area contributed by atoms with Crippen molar-refractivity contribution in [2.24, 2.45) is 0 Å². The number of nitrogens with zero attached hydrogens (tertiary/aromatic N) is 1. The first kappa shape index (κ1) is 81.7. The Bertz CT molecular complexity index is 1820. The van der Waals surface area contributed by atoms with Crippen LogP contribution >= 0.6 is 7.82 Å². The van der Waals surface area contributed by atoms with Crippen LogP contribution in [0.2, 0.25) is 0 Å². The van der Waals surface area contributed by atoms with Gasteiger partial charge in [0, 0.05) is 12.8 Å². The molecule has 0 bridgehead atoms. The Hall–Kier alpha value is -3.33. The normalized spacial score (nSPS) is 14.2. The summed E-state index contributed by atoms with van der Waals surface area (Å²) in [5.41, 5.74) is 0. The number of nitrogens with one attached hydrogen (secondary N) is 1. The van der Waals surface area contributed by atoms with Crippen LogP contribution < -0.4 is 10.2 Å². The van der Waals surface area contributed by atoms with E-state index in [4.69, 9.17) is 13.8 Å². The molecule has 0 spiro atoms. The number of ether oxygens (including phenoxy) is 1. The first-order valence-corrected chi connectivity index (χ1v) is 36.7. The molecular weight excluding hydrogens is 1070 g/mol. The summed E-state index contributed by atoms with van der Waals surface area (Å²) in [5, 5.41) is 3.04. The van der Waals surface area contributed by atoms with Gasteiger partial charge in [-0.15, -0.1) is 0 Å². The van der Waals surface area contributed by atoms with Crippen LogP contribution in [-0.2, 0) is 27.9 Å². The van der Waals surface area contributed by atoms with Gasteiger partial charge in [-0.25, -0.2) is 0 Å². The zero-order valence-electron chi connectivity index (χ0n) is 56.0. The van der Waals surface area contributed by atoms with Gasteiger partial charge in [0.2, 0.25) is 5.91 Å². The van der Waals surface area contributed by atoms with Crippen molar-refractivity contribution in [1.82, 2.24) is 5.32 Å². The van der Waals surface area contributed by atoms with Crippen LogP contribution in [0.1, 0.15) is 303 Å². The highest BCUT2D eigenvalue weighted by molar-refractivity contribution is 7.45. The van der Waals surface area contributed by atoms with E-state index in [-0.39, 0.29) is 24.9 Å². The molecule has 0 rings (SSSR count). The number of phosphoric ester groups is 1. The molecule has 0 aromatic rings. The predicted octanol–water partition coefficient (Wildman–Crippen LogP) is 21.8. The smallest absolute Gasteiger partial charge is 0.306 e. The Balaban J connectivity index is 5.05. The molecule has 0 aliphatic rings. The van der Waals surface area contributed by atoms with Crippen LogP contribution in [-0.4, -0.2) is 69.4 Å². The molecule has 9 nitrogen and oxygen atoms in total. The molecule has 0 aromatic carbocycles. The highest BCUT2D eigenvalue weighted by Gasteiger charge is 2.27. The summed E-state index contributed by atoms with van der Waals surface area (Å²) >= 11 is 0. The van der Waals surface area contributed by atoms with Gasteiger partial charge in [0.15, 0.2) is 0 Å². The molecule has 0 saturated carbocycles. The summed E-state index contributed by atoms with van der Waals surface area (Å²) in [7, 11) is 1.17. The maximum atomic E-state index is 13.6. The fourth-order valence-electron chi connectivity index (χ4n) is 9.79. The van der Waals surface area contributed by atoms with E-state index in [1.54, 1.807) is 0 Å². The molecule has 85 heavy (non-hydrogen) atoms. The van der Waals surface area contributed by atoms with E-state index in [1.807, 2.05) is 33.3 Å². The molecular formula is C75H133N2O7P. The average Bonchev–Trinajstić information content (AvgIpc) is 3.64. The number of carbonyl (C=O) groups excluding carboxylic acids is 2. The van der Waals surface area contributed by atoms with Gasteiger partial charge < -0.3 is 28.5 Å². The number of rotatable bonds is 63. The third kappa shape index (κ3) is 65.0. The number of carbonyl (C=O) groups is 2. The molecule has 0 aliphatic heterocycles. The average molecular weight is 1210 g/mol. The number of likely N-dealkylation sites (N-methyl/N-ethyl adjacent to an activating group) is 1. The monoisotopic (exact) mass is 1200 g/mol. The fraction of sp³-hybridized carbons (Fsp3) is 0.733. The van der Waals surface area contributed by atoms with Crippen LogP contribution in [0.15, 0.2) is 109 Å². The minimum Gasteiger partial charge on any atom is -0.756 e. The summed E-state index contributed by atoms with van der Waals surface area (Å²) in [6.07, 6.45) is 87.8. The maximum Gasteiger partial charge on any atom is 0.306 e. The van der Waals surface area contributed by atoms with Crippen LogP contribution in [0, 0.1) is 0 Å². The minimum absolute atomic E-state index is 0.0286. The quantitative estimate of drug-likeness (QED) is 0.0212. The van der Waals surface area contributed by atoms with Crippen molar-refractivity contribution in [3.05, 3.63) is 109 Å². The van der Waals surface area contributed by atoms with Gasteiger partial charge in [-0.1, -0.05) is 285 Å². The Labute approximate surface area is 525 Å². The van der Waals surface area contributed by atoms with E-state index in [9.17, 15) is 19.0 Å². The Morgan fingerprint density at radius 1 is 0.424 bits per heavy atom. The standard InChI is InChI=1S/C75H133N2O7P/c1-7-10-13-16-19-22-25-27-29-31-33-35-36-37-38-39-40-42-43-45-47-49-52-55-58-61-64-67-74(78)76-72(71-83-85(80,81)82-70-69-77(4,5)6)73(66-63-60-57-54-51-24-21-18-15-12-9-3)84-75(79)68-65-62-59-56-53-50-48-46-44-41-34-32-30-28-26-23-20-17-14-11-8-2/h10,13,19-20,22-23,27-30,33-35,37-38,41,63,66,72-73H,7-9,11-12,14-18,21,24-26,31-32,36,39-40,42-62,64-65,67-71H2,1-6H3,(H-,76,78,80,81)/b13-10-,22-19-,23-20-,29-27-,30-28-,35-33-,38-37-,41-34-,66-63-. The Kier molecular flexibility index (Phi) is 61.2. The highest BCUT2D eigenvalue weighted by Crippen LogP contribution is 2.38. The minimum atomic E-state index is -4.71. The fourth-order valence-corrected chi connectivity index (χ4v) is 10.5. The molecule has 0 saturated heterocycles. The number of hydrogen-bond acceptors (Lipinski definition) is 7. The zero-order valence-corrected chi connectivity index (χ0v) is 56.9. The third-order valence-electron chi connectivity index (χ3n) is 15.2. The summed E-state index contributed by atoms with van der Waals surface area (Å²) in [6.45, 7) is 6.70. The molecule has 0 fully saturated rings. The largest absolute Gasteiger partial charge is 0.756 e. The third-order valence-corrected chi connectivity index (χ3v) is 16.2. The van der Waals surface area contributed by atoms with Crippen molar-refractivity contribution in [2.45, 2.75) is 315 Å². The van der Waals surface area contributed by atoms with Crippen LogP contribution in [0.3, 0.4) is 0 Å². The second-order valence-electron chi connectivity index (χ2n) is 24.6. The van der Waals surface area contributed by atoms with Crippen LogP contribution in [0.25, 0.3) is 0 Å². The molecule has 3 unspecified atom stereocenters. The van der Waals surface area contributed by atoms with Gasteiger partial charge in [-0.2, -0.15) is 0 Å². The molecule has 1 amide bonds. The lowest BCUT2D eigenvalue weighted by atomic mass is 10.0. The van der Waals surface area contributed by atoms with Crippen molar-refractivity contribution >= 4 is 19.7 Å². The summed E-state index contributed by atoms with van der Waals surface area (Å²) in [6, 6.07) is -0.900. The molecule has 0 aromatic heterocycles. The van der Waals surface area contributed by atoms with E-state index < -0.39 is 26.6 Å². The first-order valence-electron chi connectivity index (χ1n) is 35.2. The summed E-state index contributed by atoms with van der Waals surface area (Å²) in [5.74, 6) is -0.553. The van der Waals surface area contributed by atoms with Crippen molar-refractivity contribution < 1.29 is 37.3 Å².